The van der Waals surface area contributed by atoms with E-state index in [2.05, 4.69) is 44.3 Å². The number of hydrogen-bond donors (Lipinski definition) is 1. The van der Waals surface area contributed by atoms with E-state index in [0.29, 0.717) is 6.04 Å². The minimum atomic E-state index is 0.163. The maximum absolute atomic E-state index is 5.44. The first kappa shape index (κ1) is 14.1. The first-order valence-electron chi connectivity index (χ1n) is 7.27. The second kappa shape index (κ2) is 5.79. The topological polar surface area (TPSA) is 25.2 Å². The van der Waals surface area contributed by atoms with Crippen LogP contribution in [0.2, 0.25) is 0 Å². The van der Waals surface area contributed by atoms with Gasteiger partial charge in [0.2, 0.25) is 0 Å². The van der Waals surface area contributed by atoms with Crippen molar-refractivity contribution in [3.8, 4) is 0 Å². The highest BCUT2D eigenvalue weighted by Gasteiger charge is 2.31. The molecular weight excluding hydrogens is 234 g/mol. The molecule has 0 saturated carbocycles. The zero-order valence-electron chi connectivity index (χ0n) is 12.5. The van der Waals surface area contributed by atoms with Crippen molar-refractivity contribution in [2.45, 2.75) is 51.5 Å². The second-order valence-electron chi connectivity index (χ2n) is 5.70. The first-order chi connectivity index (χ1) is 9.11. The third-order valence-corrected chi connectivity index (χ3v) is 4.55. The van der Waals surface area contributed by atoms with Crippen molar-refractivity contribution in [2.24, 2.45) is 0 Å². The summed E-state index contributed by atoms with van der Waals surface area (Å²) in [5, 5.41) is 4.63. The molecule has 2 aromatic rings. The van der Waals surface area contributed by atoms with Crippen LogP contribution in [0.5, 0.6) is 0 Å². The van der Waals surface area contributed by atoms with E-state index in [0.717, 1.165) is 5.58 Å². The predicted octanol–water partition coefficient (Wildman–Crippen LogP) is 4.49. The molecule has 2 unspecified atom stereocenters. The molecule has 0 aliphatic heterocycles. The molecule has 1 aromatic heterocycles. The summed E-state index contributed by atoms with van der Waals surface area (Å²) in [6, 6.07) is 9.08. The Kier molecular flexibility index (Phi) is 4.31. The van der Waals surface area contributed by atoms with Gasteiger partial charge >= 0.3 is 0 Å². The molecule has 1 N–H and O–H groups in total. The molecule has 0 aliphatic carbocycles. The van der Waals surface area contributed by atoms with Crippen molar-refractivity contribution in [2.75, 3.05) is 7.05 Å². The van der Waals surface area contributed by atoms with Gasteiger partial charge in [-0.2, -0.15) is 0 Å². The number of rotatable bonds is 6. The highest BCUT2D eigenvalue weighted by atomic mass is 16.3. The third kappa shape index (κ3) is 2.69. The van der Waals surface area contributed by atoms with Gasteiger partial charge in [-0.15, -0.1) is 0 Å². The molecular formula is C17H25NO. The minimum absolute atomic E-state index is 0.163. The molecule has 1 aromatic carbocycles. The lowest BCUT2D eigenvalue weighted by molar-refractivity contribution is 0.319. The summed E-state index contributed by atoms with van der Waals surface area (Å²) in [6.07, 6.45) is 5.46. The van der Waals surface area contributed by atoms with Crippen LogP contribution in [0.1, 0.15) is 45.6 Å². The van der Waals surface area contributed by atoms with Crippen LogP contribution in [-0.2, 0) is 5.41 Å². The summed E-state index contributed by atoms with van der Waals surface area (Å²) in [4.78, 5) is 0. The highest BCUT2D eigenvalue weighted by Crippen LogP contribution is 2.35. The van der Waals surface area contributed by atoms with E-state index in [1.807, 2.05) is 13.1 Å². The molecule has 1 heterocycles. The Bertz CT molecular complexity index is 531. The van der Waals surface area contributed by atoms with Crippen molar-refractivity contribution >= 4 is 11.0 Å². The summed E-state index contributed by atoms with van der Waals surface area (Å²) in [5.74, 6) is 0. The molecule has 0 fully saturated rings. The van der Waals surface area contributed by atoms with E-state index in [4.69, 9.17) is 4.42 Å². The number of benzene rings is 1. The molecule has 0 aliphatic rings. The zero-order valence-corrected chi connectivity index (χ0v) is 12.5. The number of hydrogen-bond acceptors (Lipinski definition) is 2. The van der Waals surface area contributed by atoms with Crippen molar-refractivity contribution in [1.82, 2.24) is 5.32 Å². The van der Waals surface area contributed by atoms with E-state index in [1.165, 1.54) is 30.2 Å². The zero-order chi connectivity index (χ0) is 13.9. The Morgan fingerprint density at radius 3 is 2.79 bits per heavy atom. The second-order valence-corrected chi connectivity index (χ2v) is 5.70. The Balaban J connectivity index is 2.40. The summed E-state index contributed by atoms with van der Waals surface area (Å²) in [5.41, 5.74) is 2.53. The predicted molar refractivity (Wildman–Crippen MR) is 81.6 cm³/mol. The molecule has 0 amide bonds. The van der Waals surface area contributed by atoms with Crippen LogP contribution in [0, 0.1) is 0 Å². The van der Waals surface area contributed by atoms with Gasteiger partial charge in [-0.1, -0.05) is 32.8 Å². The Labute approximate surface area is 116 Å². The van der Waals surface area contributed by atoms with Gasteiger partial charge in [0.1, 0.15) is 5.58 Å². The average Bonchev–Trinajstić information content (AvgIpc) is 2.91. The van der Waals surface area contributed by atoms with E-state index in [9.17, 15) is 0 Å². The molecule has 104 valence electrons. The number of unbranched alkanes of at least 4 members (excludes halogenated alkanes) is 1. The fraction of sp³-hybridized carbons (Fsp3) is 0.529. The maximum atomic E-state index is 5.44. The van der Waals surface area contributed by atoms with Gasteiger partial charge in [0, 0.05) is 16.8 Å². The lowest BCUT2D eigenvalue weighted by atomic mass is 9.72. The van der Waals surface area contributed by atoms with Crippen LogP contribution >= 0.6 is 0 Å². The fourth-order valence-corrected chi connectivity index (χ4v) is 2.80. The Morgan fingerprint density at radius 1 is 1.32 bits per heavy atom. The fourth-order valence-electron chi connectivity index (χ4n) is 2.80. The van der Waals surface area contributed by atoms with E-state index < -0.39 is 0 Å². The maximum Gasteiger partial charge on any atom is 0.133 e. The average molecular weight is 259 g/mol. The van der Waals surface area contributed by atoms with E-state index in [-0.39, 0.29) is 5.41 Å². The van der Waals surface area contributed by atoms with E-state index >= 15 is 0 Å². The van der Waals surface area contributed by atoms with Crippen molar-refractivity contribution < 1.29 is 4.42 Å². The number of furan rings is 1. The molecule has 2 nitrogen and oxygen atoms in total. The molecule has 2 atom stereocenters. The van der Waals surface area contributed by atoms with Gasteiger partial charge in [0.25, 0.3) is 0 Å². The van der Waals surface area contributed by atoms with Crippen molar-refractivity contribution in [3.05, 3.63) is 36.1 Å². The van der Waals surface area contributed by atoms with E-state index in [1.54, 1.807) is 6.26 Å². The minimum Gasteiger partial charge on any atom is -0.464 e. The molecule has 19 heavy (non-hydrogen) atoms. The Hall–Kier alpha value is -1.28. The van der Waals surface area contributed by atoms with Gasteiger partial charge in [-0.05, 0) is 44.2 Å². The quantitative estimate of drug-likeness (QED) is 0.827. The smallest absolute Gasteiger partial charge is 0.133 e. The lowest BCUT2D eigenvalue weighted by Gasteiger charge is -2.36. The number of likely N-dealkylation sites (N-methyl/N-ethyl adjacent to an activating group) is 1. The molecule has 0 spiro atoms. The van der Waals surface area contributed by atoms with Gasteiger partial charge in [-0.3, -0.25) is 0 Å². The van der Waals surface area contributed by atoms with Crippen LogP contribution in [-0.4, -0.2) is 13.1 Å². The number of nitrogens with one attached hydrogen (secondary N) is 1. The molecule has 0 saturated heterocycles. The van der Waals surface area contributed by atoms with Crippen LogP contribution in [0.25, 0.3) is 11.0 Å². The summed E-state index contributed by atoms with van der Waals surface area (Å²) < 4.78 is 5.44. The highest BCUT2D eigenvalue weighted by molar-refractivity contribution is 5.78. The third-order valence-electron chi connectivity index (χ3n) is 4.55. The molecule has 2 heteroatoms. The molecule has 2 rings (SSSR count). The Morgan fingerprint density at radius 2 is 2.11 bits per heavy atom. The van der Waals surface area contributed by atoms with Crippen LogP contribution in [0.4, 0.5) is 0 Å². The van der Waals surface area contributed by atoms with Crippen LogP contribution in [0.15, 0.2) is 34.9 Å². The summed E-state index contributed by atoms with van der Waals surface area (Å²) in [7, 11) is 2.05. The molecule has 0 radical (unpaired) electrons. The van der Waals surface area contributed by atoms with Crippen molar-refractivity contribution in [1.29, 1.82) is 0 Å². The normalized spacial score (nSPS) is 16.4. The van der Waals surface area contributed by atoms with Gasteiger partial charge in [-0.25, -0.2) is 0 Å². The largest absolute Gasteiger partial charge is 0.464 e. The monoisotopic (exact) mass is 259 g/mol. The van der Waals surface area contributed by atoms with Gasteiger partial charge < -0.3 is 9.73 Å². The lowest BCUT2D eigenvalue weighted by Crippen LogP contribution is -2.43. The van der Waals surface area contributed by atoms with Crippen molar-refractivity contribution in [3.63, 3.8) is 0 Å². The summed E-state index contributed by atoms with van der Waals surface area (Å²) >= 11 is 0. The first-order valence-corrected chi connectivity index (χ1v) is 7.27. The van der Waals surface area contributed by atoms with Gasteiger partial charge in [0.15, 0.2) is 0 Å². The van der Waals surface area contributed by atoms with Crippen LogP contribution < -0.4 is 5.32 Å². The summed E-state index contributed by atoms with van der Waals surface area (Å²) in [6.45, 7) is 6.89. The SMILES string of the molecule is CCCCC(C)(c1ccc2occc2c1)C(C)NC. The van der Waals surface area contributed by atoms with Gasteiger partial charge in [0.05, 0.1) is 6.26 Å². The standard InChI is InChI=1S/C17H25NO/c1-5-6-10-17(3,13(2)18-4)15-7-8-16-14(12-15)9-11-19-16/h7-9,11-13,18H,5-6,10H2,1-4H3. The number of fused-ring (bicyclic) bond motifs is 1. The molecule has 0 bridgehead atoms. The van der Waals surface area contributed by atoms with Crippen LogP contribution in [0.3, 0.4) is 0 Å².